The number of H-pyrrole nitrogens is 1. The van der Waals surface area contributed by atoms with Crippen molar-refractivity contribution >= 4 is 34.5 Å². The number of ether oxygens (including phenoxy) is 1. The van der Waals surface area contributed by atoms with E-state index in [1.54, 1.807) is 6.20 Å². The van der Waals surface area contributed by atoms with E-state index in [2.05, 4.69) is 33.5 Å². The quantitative estimate of drug-likeness (QED) is 0.306. The molecular weight excluding hydrogens is 436 g/mol. The third kappa shape index (κ3) is 5.28. The minimum atomic E-state index is -0.776. The minimum absolute atomic E-state index is 0.128. The van der Waals surface area contributed by atoms with Crippen molar-refractivity contribution in [1.82, 2.24) is 19.9 Å². The number of para-hydroxylation sites is 1. The van der Waals surface area contributed by atoms with Crippen LogP contribution in [0.3, 0.4) is 0 Å². The first-order valence-electron chi connectivity index (χ1n) is 10.6. The third-order valence-corrected chi connectivity index (χ3v) is 6.31. The van der Waals surface area contributed by atoms with E-state index in [0.717, 1.165) is 33.3 Å². The molecule has 1 atom stereocenters. The summed E-state index contributed by atoms with van der Waals surface area (Å²) >= 11 is 1.32. The number of aromatic nitrogens is 3. The Bertz CT molecular complexity index is 1270. The monoisotopic (exact) mass is 462 g/mol. The number of carbonyl (C=O) groups excluding carboxylic acids is 2. The summed E-state index contributed by atoms with van der Waals surface area (Å²) < 4.78 is 6.90. The lowest BCUT2D eigenvalue weighted by Gasteiger charge is -2.16. The third-order valence-electron chi connectivity index (χ3n) is 5.34. The summed E-state index contributed by atoms with van der Waals surface area (Å²) in [4.78, 5) is 32.7. The van der Waals surface area contributed by atoms with Crippen LogP contribution < -0.4 is 5.32 Å². The van der Waals surface area contributed by atoms with Crippen LogP contribution in [0.15, 0.2) is 66.2 Å². The number of hydrogen-bond acceptors (Lipinski definition) is 5. The van der Waals surface area contributed by atoms with Crippen LogP contribution in [0.2, 0.25) is 0 Å². The number of imidazole rings is 1. The molecular formula is C25H26N4O3S. The number of nitrogens with zero attached hydrogens (tertiary/aromatic N) is 2. The van der Waals surface area contributed by atoms with Gasteiger partial charge in [0.05, 0.1) is 12.9 Å². The lowest BCUT2D eigenvalue weighted by molar-refractivity contribution is -0.144. The Morgan fingerprint density at radius 2 is 1.94 bits per heavy atom. The number of hydrogen-bond donors (Lipinski definition) is 2. The van der Waals surface area contributed by atoms with Crippen LogP contribution in [0.5, 0.6) is 0 Å². The van der Waals surface area contributed by atoms with Gasteiger partial charge in [-0.15, -0.1) is 0 Å². The van der Waals surface area contributed by atoms with Gasteiger partial charge >= 0.3 is 5.97 Å². The highest BCUT2D eigenvalue weighted by Gasteiger charge is 2.23. The Balaban J connectivity index is 1.44. The maximum Gasteiger partial charge on any atom is 0.328 e. The first-order valence-corrected chi connectivity index (χ1v) is 11.6. The molecule has 0 fully saturated rings. The molecule has 8 heteroatoms. The molecule has 1 unspecified atom stereocenters. The molecule has 0 saturated heterocycles. The number of benzene rings is 2. The fourth-order valence-electron chi connectivity index (χ4n) is 3.90. The zero-order valence-corrected chi connectivity index (χ0v) is 19.6. The van der Waals surface area contributed by atoms with E-state index in [-0.39, 0.29) is 11.7 Å². The number of aryl methyl sites for hydroxylation is 2. The molecule has 0 saturated carbocycles. The van der Waals surface area contributed by atoms with Crippen molar-refractivity contribution in [3.8, 4) is 5.69 Å². The Kier molecular flexibility index (Phi) is 6.84. The van der Waals surface area contributed by atoms with Gasteiger partial charge in [0.2, 0.25) is 5.91 Å². The van der Waals surface area contributed by atoms with Crippen LogP contribution in [-0.4, -0.2) is 45.3 Å². The van der Waals surface area contributed by atoms with Crippen LogP contribution in [0.25, 0.3) is 16.6 Å². The van der Waals surface area contributed by atoms with Crippen molar-refractivity contribution in [2.75, 3.05) is 12.9 Å². The highest BCUT2D eigenvalue weighted by Crippen LogP contribution is 2.23. The molecule has 2 heterocycles. The van der Waals surface area contributed by atoms with Crippen molar-refractivity contribution in [3.63, 3.8) is 0 Å². The number of nitrogens with one attached hydrogen (secondary N) is 2. The van der Waals surface area contributed by atoms with Gasteiger partial charge in [0.25, 0.3) is 0 Å². The molecule has 0 bridgehead atoms. The molecule has 2 aromatic heterocycles. The van der Waals surface area contributed by atoms with Crippen molar-refractivity contribution in [1.29, 1.82) is 0 Å². The average molecular weight is 463 g/mol. The SMILES string of the molecule is COC(=O)C(Cc1c[nH]c2ccccc12)NC(=O)CSc1nccn1-c1cc(C)cc(C)c1. The second kappa shape index (κ2) is 9.95. The van der Waals surface area contributed by atoms with Gasteiger partial charge in [-0.05, 0) is 48.7 Å². The fourth-order valence-corrected chi connectivity index (χ4v) is 4.69. The lowest BCUT2D eigenvalue weighted by atomic mass is 10.0. The van der Waals surface area contributed by atoms with Crippen molar-refractivity contribution in [2.45, 2.75) is 31.5 Å². The summed E-state index contributed by atoms with van der Waals surface area (Å²) in [7, 11) is 1.33. The first-order chi connectivity index (χ1) is 15.9. The van der Waals surface area contributed by atoms with Crippen molar-refractivity contribution in [3.05, 3.63) is 77.7 Å². The normalized spacial score (nSPS) is 12.0. The van der Waals surface area contributed by atoms with Gasteiger partial charge in [-0.1, -0.05) is 36.0 Å². The average Bonchev–Trinajstić information content (AvgIpc) is 3.43. The highest BCUT2D eigenvalue weighted by atomic mass is 32.2. The zero-order chi connectivity index (χ0) is 23.4. The topological polar surface area (TPSA) is 89.0 Å². The van der Waals surface area contributed by atoms with Crippen LogP contribution >= 0.6 is 11.8 Å². The number of aromatic amines is 1. The van der Waals surface area contributed by atoms with E-state index >= 15 is 0 Å². The van der Waals surface area contributed by atoms with Gasteiger partial charge in [0.15, 0.2) is 5.16 Å². The smallest absolute Gasteiger partial charge is 0.328 e. The van der Waals surface area contributed by atoms with Gasteiger partial charge in [-0.2, -0.15) is 0 Å². The molecule has 4 rings (SSSR count). The van der Waals surface area contributed by atoms with E-state index in [1.165, 1.54) is 18.9 Å². The number of methoxy groups -OCH3 is 1. The summed E-state index contributed by atoms with van der Waals surface area (Å²) in [5.41, 5.74) is 5.24. The molecule has 1 amide bonds. The Hall–Kier alpha value is -3.52. The predicted octanol–water partition coefficient (Wildman–Crippen LogP) is 3.96. The molecule has 170 valence electrons. The number of carbonyl (C=O) groups is 2. The van der Waals surface area contributed by atoms with Gasteiger partial charge in [0, 0.05) is 41.6 Å². The van der Waals surface area contributed by atoms with Crippen LogP contribution in [0, 0.1) is 13.8 Å². The molecule has 0 aliphatic carbocycles. The number of amides is 1. The Morgan fingerprint density at radius 3 is 2.70 bits per heavy atom. The number of esters is 1. The Labute approximate surface area is 196 Å². The Morgan fingerprint density at radius 1 is 1.18 bits per heavy atom. The highest BCUT2D eigenvalue weighted by molar-refractivity contribution is 7.99. The summed E-state index contributed by atoms with van der Waals surface area (Å²) in [5, 5.41) is 4.55. The van der Waals surface area contributed by atoms with E-state index in [9.17, 15) is 9.59 Å². The van der Waals surface area contributed by atoms with E-state index < -0.39 is 12.0 Å². The van der Waals surface area contributed by atoms with Gasteiger partial charge in [-0.25, -0.2) is 9.78 Å². The van der Waals surface area contributed by atoms with Crippen molar-refractivity contribution < 1.29 is 14.3 Å². The second-order valence-corrected chi connectivity index (χ2v) is 8.86. The van der Waals surface area contributed by atoms with Crippen molar-refractivity contribution in [2.24, 2.45) is 0 Å². The first kappa shape index (κ1) is 22.7. The standard InChI is InChI=1S/C25H26N4O3S/c1-16-10-17(2)12-19(11-16)29-9-8-26-25(29)33-15-23(30)28-22(24(31)32-3)13-18-14-27-21-7-5-4-6-20(18)21/h4-12,14,22,27H,13,15H2,1-3H3,(H,28,30). The lowest BCUT2D eigenvalue weighted by Crippen LogP contribution is -2.43. The summed E-state index contributed by atoms with van der Waals surface area (Å²) in [6.45, 7) is 4.10. The molecule has 33 heavy (non-hydrogen) atoms. The molecule has 0 aliphatic rings. The van der Waals surface area contributed by atoms with E-state index in [4.69, 9.17) is 4.74 Å². The second-order valence-electron chi connectivity index (χ2n) is 7.92. The largest absolute Gasteiger partial charge is 0.467 e. The maximum atomic E-state index is 12.7. The molecule has 4 aromatic rings. The molecule has 0 radical (unpaired) electrons. The molecule has 7 nitrogen and oxygen atoms in total. The summed E-state index contributed by atoms with van der Waals surface area (Å²) in [5.74, 6) is -0.607. The number of thioether (sulfide) groups is 1. The molecule has 2 aromatic carbocycles. The summed E-state index contributed by atoms with van der Waals surface area (Å²) in [6.07, 6.45) is 5.79. The molecule has 2 N–H and O–H groups in total. The molecule has 0 spiro atoms. The zero-order valence-electron chi connectivity index (χ0n) is 18.8. The van der Waals surface area contributed by atoms with E-state index in [0.29, 0.717) is 11.6 Å². The van der Waals surface area contributed by atoms with Crippen LogP contribution in [0.4, 0.5) is 0 Å². The van der Waals surface area contributed by atoms with Gasteiger partial charge in [0.1, 0.15) is 6.04 Å². The number of fused-ring (bicyclic) bond motifs is 1. The van der Waals surface area contributed by atoms with Crippen LogP contribution in [-0.2, 0) is 20.7 Å². The van der Waals surface area contributed by atoms with Gasteiger partial charge in [-0.3, -0.25) is 9.36 Å². The van der Waals surface area contributed by atoms with Gasteiger partial charge < -0.3 is 15.0 Å². The maximum absolute atomic E-state index is 12.7. The van der Waals surface area contributed by atoms with Crippen LogP contribution in [0.1, 0.15) is 16.7 Å². The summed E-state index contributed by atoms with van der Waals surface area (Å²) in [6, 6.07) is 13.3. The minimum Gasteiger partial charge on any atom is -0.467 e. The fraction of sp³-hybridized carbons (Fsp3) is 0.240. The van der Waals surface area contributed by atoms with E-state index in [1.807, 2.05) is 55.1 Å². The molecule has 0 aliphatic heterocycles. The predicted molar refractivity (Wildman–Crippen MR) is 130 cm³/mol. The number of rotatable bonds is 8.